The molecule has 0 unspecified atom stereocenters. The maximum Gasteiger partial charge on any atom is 0.311 e. The van der Waals surface area contributed by atoms with E-state index >= 15 is 0 Å². The minimum absolute atomic E-state index is 0. The van der Waals surface area contributed by atoms with Crippen LogP contribution in [0.4, 0.5) is 5.69 Å². The van der Waals surface area contributed by atoms with Gasteiger partial charge in [-0.3, -0.25) is 10.1 Å². The van der Waals surface area contributed by atoms with E-state index in [1.165, 1.54) is 0 Å². The quantitative estimate of drug-likeness (QED) is 0.678. The largest absolute Gasteiger partial charge is 0.483 e. The van der Waals surface area contributed by atoms with E-state index in [1.54, 1.807) is 12.1 Å². The molecule has 2 rings (SSSR count). The van der Waals surface area contributed by atoms with Crippen molar-refractivity contribution >= 4 is 18.1 Å². The summed E-state index contributed by atoms with van der Waals surface area (Å²) in [5.41, 5.74) is 0.929. The summed E-state index contributed by atoms with van der Waals surface area (Å²) in [6.07, 6.45) is 1.87. The first kappa shape index (κ1) is 14.7. The van der Waals surface area contributed by atoms with Gasteiger partial charge in [0.2, 0.25) is 0 Å². The summed E-state index contributed by atoms with van der Waals surface area (Å²) in [6, 6.07) is 5.08. The lowest BCUT2D eigenvalue weighted by Gasteiger charge is -2.23. The van der Waals surface area contributed by atoms with Crippen LogP contribution in [0.15, 0.2) is 18.2 Å². The second-order valence-corrected chi connectivity index (χ2v) is 4.30. The van der Waals surface area contributed by atoms with Crippen molar-refractivity contribution in [3.05, 3.63) is 33.9 Å². The third-order valence-electron chi connectivity index (χ3n) is 2.89. The van der Waals surface area contributed by atoms with Crippen molar-refractivity contribution in [3.8, 4) is 5.75 Å². The van der Waals surface area contributed by atoms with Crippen LogP contribution in [0.25, 0.3) is 0 Å². The molecule has 0 radical (unpaired) electrons. The molecular formula is C12H17ClN2O3. The lowest BCUT2D eigenvalue weighted by molar-refractivity contribution is -0.386. The number of aryl methyl sites for hydroxylation is 1. The number of piperidine rings is 1. The molecule has 5 nitrogen and oxygen atoms in total. The number of nitro groups is 1. The van der Waals surface area contributed by atoms with E-state index in [2.05, 4.69) is 5.32 Å². The van der Waals surface area contributed by atoms with E-state index in [4.69, 9.17) is 4.74 Å². The van der Waals surface area contributed by atoms with Gasteiger partial charge in [0.05, 0.1) is 4.92 Å². The minimum Gasteiger partial charge on any atom is -0.483 e. The molecule has 18 heavy (non-hydrogen) atoms. The Labute approximate surface area is 112 Å². The summed E-state index contributed by atoms with van der Waals surface area (Å²) in [5, 5.41) is 14.2. The molecule has 0 aliphatic carbocycles. The van der Waals surface area contributed by atoms with Gasteiger partial charge in [-0.05, 0) is 44.5 Å². The molecule has 0 aromatic heterocycles. The van der Waals surface area contributed by atoms with E-state index in [1.807, 2.05) is 13.0 Å². The highest BCUT2D eigenvalue weighted by atomic mass is 35.5. The molecule has 100 valence electrons. The second kappa shape index (κ2) is 6.56. The number of halogens is 1. The van der Waals surface area contributed by atoms with Crippen LogP contribution in [0.3, 0.4) is 0 Å². The summed E-state index contributed by atoms with van der Waals surface area (Å²) in [4.78, 5) is 10.5. The number of ether oxygens (including phenoxy) is 1. The van der Waals surface area contributed by atoms with Gasteiger partial charge in [-0.25, -0.2) is 0 Å². The number of hydrogen-bond donors (Lipinski definition) is 1. The van der Waals surface area contributed by atoms with Crippen molar-refractivity contribution in [2.45, 2.75) is 25.9 Å². The molecule has 0 amide bonds. The molecule has 1 fully saturated rings. The molecule has 1 aliphatic heterocycles. The average molecular weight is 273 g/mol. The standard InChI is InChI=1S/C12H16N2O3.ClH/c1-9-2-3-12(11(8-9)14(15)16)17-10-4-6-13-7-5-10;/h2-3,8,10,13H,4-7H2,1H3;1H. The van der Waals surface area contributed by atoms with Crippen molar-refractivity contribution in [1.82, 2.24) is 5.32 Å². The lowest BCUT2D eigenvalue weighted by Crippen LogP contribution is -2.34. The zero-order chi connectivity index (χ0) is 12.3. The molecule has 1 saturated heterocycles. The van der Waals surface area contributed by atoms with Crippen LogP contribution in [0.5, 0.6) is 5.75 Å². The van der Waals surface area contributed by atoms with Crippen LogP contribution in [0.1, 0.15) is 18.4 Å². The SMILES string of the molecule is Cc1ccc(OC2CCNCC2)c([N+](=O)[O-])c1.Cl. The third kappa shape index (κ3) is 3.58. The number of nitrogens with zero attached hydrogens (tertiary/aromatic N) is 1. The predicted molar refractivity (Wildman–Crippen MR) is 71.6 cm³/mol. The third-order valence-corrected chi connectivity index (χ3v) is 2.89. The Kier molecular flexibility index (Phi) is 5.37. The zero-order valence-electron chi connectivity index (χ0n) is 10.2. The van der Waals surface area contributed by atoms with Crippen molar-refractivity contribution < 1.29 is 9.66 Å². The Bertz CT molecular complexity index is 420. The van der Waals surface area contributed by atoms with Crippen LogP contribution in [0.2, 0.25) is 0 Å². The molecule has 0 bridgehead atoms. The van der Waals surface area contributed by atoms with Crippen LogP contribution in [0, 0.1) is 17.0 Å². The van der Waals surface area contributed by atoms with Crippen molar-refractivity contribution in [2.75, 3.05) is 13.1 Å². The molecular weight excluding hydrogens is 256 g/mol. The van der Waals surface area contributed by atoms with Gasteiger partial charge in [-0.2, -0.15) is 0 Å². The van der Waals surface area contributed by atoms with Gasteiger partial charge in [-0.1, -0.05) is 6.07 Å². The number of nitro benzene ring substituents is 1. The fourth-order valence-corrected chi connectivity index (χ4v) is 1.96. The molecule has 1 N–H and O–H groups in total. The van der Waals surface area contributed by atoms with Crippen LogP contribution in [-0.2, 0) is 0 Å². The highest BCUT2D eigenvalue weighted by molar-refractivity contribution is 5.85. The summed E-state index contributed by atoms with van der Waals surface area (Å²) in [6.45, 7) is 3.65. The van der Waals surface area contributed by atoms with E-state index in [9.17, 15) is 10.1 Å². The van der Waals surface area contributed by atoms with Crippen LogP contribution < -0.4 is 10.1 Å². The van der Waals surface area contributed by atoms with E-state index < -0.39 is 0 Å². The maximum atomic E-state index is 10.9. The number of nitrogens with one attached hydrogen (secondary N) is 1. The Balaban J connectivity index is 0.00000162. The van der Waals surface area contributed by atoms with Crippen molar-refractivity contribution in [2.24, 2.45) is 0 Å². The number of benzene rings is 1. The van der Waals surface area contributed by atoms with E-state index in [-0.39, 0.29) is 29.1 Å². The van der Waals surface area contributed by atoms with Crippen LogP contribution in [-0.4, -0.2) is 24.1 Å². The number of hydrogen-bond acceptors (Lipinski definition) is 4. The van der Waals surface area contributed by atoms with Gasteiger partial charge < -0.3 is 10.1 Å². The van der Waals surface area contributed by atoms with Gasteiger partial charge >= 0.3 is 5.69 Å². The van der Waals surface area contributed by atoms with Gasteiger partial charge in [-0.15, -0.1) is 12.4 Å². The molecule has 1 aromatic rings. The average Bonchev–Trinajstić information content (AvgIpc) is 2.32. The second-order valence-electron chi connectivity index (χ2n) is 4.30. The van der Waals surface area contributed by atoms with Crippen molar-refractivity contribution in [3.63, 3.8) is 0 Å². The normalized spacial score (nSPS) is 15.8. The molecule has 1 aromatic carbocycles. The van der Waals surface area contributed by atoms with Gasteiger partial charge in [0.1, 0.15) is 6.10 Å². The number of rotatable bonds is 3. The van der Waals surface area contributed by atoms with Gasteiger partial charge in [0.25, 0.3) is 0 Å². The first-order valence-corrected chi connectivity index (χ1v) is 5.79. The molecule has 0 saturated carbocycles. The fraction of sp³-hybridized carbons (Fsp3) is 0.500. The Morgan fingerprint density at radius 3 is 2.67 bits per heavy atom. The Morgan fingerprint density at radius 2 is 2.06 bits per heavy atom. The fourth-order valence-electron chi connectivity index (χ4n) is 1.96. The maximum absolute atomic E-state index is 10.9. The Morgan fingerprint density at radius 1 is 1.39 bits per heavy atom. The summed E-state index contributed by atoms with van der Waals surface area (Å²) >= 11 is 0. The van der Waals surface area contributed by atoms with Crippen molar-refractivity contribution in [1.29, 1.82) is 0 Å². The summed E-state index contributed by atoms with van der Waals surface area (Å²) in [7, 11) is 0. The van der Waals surface area contributed by atoms with E-state index in [0.29, 0.717) is 5.75 Å². The monoisotopic (exact) mass is 272 g/mol. The molecule has 0 spiro atoms. The molecule has 1 aliphatic rings. The highest BCUT2D eigenvalue weighted by Crippen LogP contribution is 2.29. The molecule has 0 atom stereocenters. The van der Waals surface area contributed by atoms with E-state index in [0.717, 1.165) is 31.5 Å². The smallest absolute Gasteiger partial charge is 0.311 e. The summed E-state index contributed by atoms with van der Waals surface area (Å²) < 4.78 is 5.72. The zero-order valence-corrected chi connectivity index (χ0v) is 11.0. The van der Waals surface area contributed by atoms with Gasteiger partial charge in [0.15, 0.2) is 5.75 Å². The first-order chi connectivity index (χ1) is 8.16. The molecule has 6 heteroatoms. The first-order valence-electron chi connectivity index (χ1n) is 5.79. The highest BCUT2D eigenvalue weighted by Gasteiger charge is 2.20. The predicted octanol–water partition coefficient (Wildman–Crippen LogP) is 2.46. The molecule has 1 heterocycles. The summed E-state index contributed by atoms with van der Waals surface area (Å²) in [5.74, 6) is 0.382. The van der Waals surface area contributed by atoms with Crippen LogP contribution >= 0.6 is 12.4 Å². The Hall–Kier alpha value is -1.33. The topological polar surface area (TPSA) is 64.4 Å². The lowest BCUT2D eigenvalue weighted by atomic mass is 10.1. The minimum atomic E-state index is -0.386. The van der Waals surface area contributed by atoms with Gasteiger partial charge in [0, 0.05) is 6.07 Å².